The standard InChI is InChI=1S/C16H24FNO/c1-4-19-16(7-5-6-8-16)15(18)14-12(3)9-11(2)10-13(14)17/h9-10,15H,4-8,18H2,1-3H3. The number of hydrogen-bond acceptors (Lipinski definition) is 2. The molecular formula is C16H24FNO. The maximum atomic E-state index is 14.3. The van der Waals surface area contributed by atoms with E-state index in [-0.39, 0.29) is 17.5 Å². The lowest BCUT2D eigenvalue weighted by Gasteiger charge is -2.36. The van der Waals surface area contributed by atoms with Crippen LogP contribution in [0.25, 0.3) is 0 Å². The molecule has 1 fully saturated rings. The van der Waals surface area contributed by atoms with E-state index < -0.39 is 0 Å². The Balaban J connectivity index is 2.40. The van der Waals surface area contributed by atoms with Gasteiger partial charge in [0.25, 0.3) is 0 Å². The minimum Gasteiger partial charge on any atom is -0.373 e. The SMILES string of the molecule is CCOC1(C(N)c2c(C)cc(C)cc2F)CCCC1. The van der Waals surface area contributed by atoms with E-state index in [0.717, 1.165) is 36.8 Å². The van der Waals surface area contributed by atoms with Gasteiger partial charge in [0, 0.05) is 12.2 Å². The molecule has 0 heterocycles. The van der Waals surface area contributed by atoms with Gasteiger partial charge >= 0.3 is 0 Å². The Hall–Kier alpha value is -0.930. The molecule has 106 valence electrons. The molecule has 1 atom stereocenters. The molecule has 0 bridgehead atoms. The molecule has 0 aromatic heterocycles. The Labute approximate surface area is 115 Å². The average molecular weight is 265 g/mol. The largest absolute Gasteiger partial charge is 0.373 e. The minimum absolute atomic E-state index is 0.198. The molecule has 1 aliphatic carbocycles. The van der Waals surface area contributed by atoms with Gasteiger partial charge in [-0.2, -0.15) is 0 Å². The van der Waals surface area contributed by atoms with Crippen molar-refractivity contribution in [1.82, 2.24) is 0 Å². The molecule has 19 heavy (non-hydrogen) atoms. The zero-order valence-corrected chi connectivity index (χ0v) is 12.1. The summed E-state index contributed by atoms with van der Waals surface area (Å²) in [6.45, 7) is 6.44. The van der Waals surface area contributed by atoms with Gasteiger partial charge in [0.1, 0.15) is 5.82 Å². The van der Waals surface area contributed by atoms with Crippen LogP contribution in [0.4, 0.5) is 4.39 Å². The lowest BCUT2D eigenvalue weighted by molar-refractivity contribution is -0.0544. The second kappa shape index (κ2) is 5.59. The molecule has 1 saturated carbocycles. The topological polar surface area (TPSA) is 35.2 Å². The third-order valence-corrected chi connectivity index (χ3v) is 4.24. The smallest absolute Gasteiger partial charge is 0.128 e. The van der Waals surface area contributed by atoms with E-state index in [4.69, 9.17) is 10.5 Å². The van der Waals surface area contributed by atoms with Gasteiger partial charge in [-0.25, -0.2) is 4.39 Å². The van der Waals surface area contributed by atoms with Crippen LogP contribution in [0.1, 0.15) is 55.3 Å². The van der Waals surface area contributed by atoms with Crippen LogP contribution in [-0.2, 0) is 4.74 Å². The number of benzene rings is 1. The van der Waals surface area contributed by atoms with Crippen LogP contribution in [0.5, 0.6) is 0 Å². The van der Waals surface area contributed by atoms with Gasteiger partial charge in [-0.1, -0.05) is 18.9 Å². The third-order valence-electron chi connectivity index (χ3n) is 4.24. The molecule has 1 aromatic rings. The molecule has 0 radical (unpaired) electrons. The van der Waals surface area contributed by atoms with Crippen molar-refractivity contribution < 1.29 is 9.13 Å². The summed E-state index contributed by atoms with van der Waals surface area (Å²) in [5.41, 5.74) is 8.51. The fourth-order valence-electron chi connectivity index (χ4n) is 3.39. The third kappa shape index (κ3) is 2.67. The number of halogens is 1. The van der Waals surface area contributed by atoms with Crippen molar-refractivity contribution in [3.8, 4) is 0 Å². The molecule has 1 aromatic carbocycles. The Morgan fingerprint density at radius 3 is 2.47 bits per heavy atom. The molecule has 3 heteroatoms. The van der Waals surface area contributed by atoms with Gasteiger partial charge < -0.3 is 10.5 Å². The number of rotatable bonds is 4. The first-order chi connectivity index (χ1) is 9.00. The predicted molar refractivity (Wildman–Crippen MR) is 75.6 cm³/mol. The highest BCUT2D eigenvalue weighted by atomic mass is 19.1. The van der Waals surface area contributed by atoms with Crippen LogP contribution in [0.3, 0.4) is 0 Å². The van der Waals surface area contributed by atoms with Gasteiger partial charge in [-0.3, -0.25) is 0 Å². The van der Waals surface area contributed by atoms with E-state index in [0.29, 0.717) is 12.2 Å². The fourth-order valence-corrected chi connectivity index (χ4v) is 3.39. The highest BCUT2D eigenvalue weighted by molar-refractivity contribution is 5.36. The predicted octanol–water partition coefficient (Wildman–Crippen LogP) is 3.79. The van der Waals surface area contributed by atoms with E-state index in [1.807, 2.05) is 26.8 Å². The monoisotopic (exact) mass is 265 g/mol. The number of hydrogen-bond donors (Lipinski definition) is 1. The maximum absolute atomic E-state index is 14.3. The summed E-state index contributed by atoms with van der Waals surface area (Å²) in [5.74, 6) is -0.198. The molecule has 0 aliphatic heterocycles. The van der Waals surface area contributed by atoms with Crippen molar-refractivity contribution in [2.75, 3.05) is 6.61 Å². The summed E-state index contributed by atoms with van der Waals surface area (Å²) in [4.78, 5) is 0. The van der Waals surface area contributed by atoms with Crippen LogP contribution >= 0.6 is 0 Å². The van der Waals surface area contributed by atoms with Gasteiger partial charge in [0.05, 0.1) is 11.6 Å². The Kier molecular flexibility index (Phi) is 4.26. The highest BCUT2D eigenvalue weighted by Crippen LogP contribution is 2.43. The first kappa shape index (κ1) is 14.5. The van der Waals surface area contributed by atoms with Crippen LogP contribution in [0, 0.1) is 19.7 Å². The summed E-state index contributed by atoms with van der Waals surface area (Å²) in [6, 6.07) is 3.18. The summed E-state index contributed by atoms with van der Waals surface area (Å²) in [7, 11) is 0. The molecule has 2 rings (SSSR count). The minimum atomic E-state index is -0.379. The second-order valence-corrected chi connectivity index (χ2v) is 5.66. The molecule has 2 N–H and O–H groups in total. The van der Waals surface area contributed by atoms with Gasteiger partial charge in [0.2, 0.25) is 0 Å². The molecule has 0 amide bonds. The highest BCUT2D eigenvalue weighted by Gasteiger charge is 2.42. The van der Waals surface area contributed by atoms with Crippen molar-refractivity contribution in [3.05, 3.63) is 34.6 Å². The van der Waals surface area contributed by atoms with Crippen molar-refractivity contribution in [3.63, 3.8) is 0 Å². The number of nitrogens with two attached hydrogens (primary N) is 1. The summed E-state index contributed by atoms with van der Waals surface area (Å²) in [5, 5.41) is 0. The molecule has 0 spiro atoms. The normalized spacial score (nSPS) is 19.6. The van der Waals surface area contributed by atoms with E-state index in [1.165, 1.54) is 0 Å². The van der Waals surface area contributed by atoms with Crippen LogP contribution in [0.2, 0.25) is 0 Å². The van der Waals surface area contributed by atoms with Crippen LogP contribution in [0.15, 0.2) is 12.1 Å². The summed E-state index contributed by atoms with van der Waals surface area (Å²) >= 11 is 0. The lowest BCUT2D eigenvalue weighted by Crippen LogP contribution is -2.42. The second-order valence-electron chi connectivity index (χ2n) is 5.66. The number of ether oxygens (including phenoxy) is 1. The summed E-state index contributed by atoms with van der Waals surface area (Å²) < 4.78 is 20.2. The molecular weight excluding hydrogens is 241 g/mol. The average Bonchev–Trinajstić information content (AvgIpc) is 2.77. The first-order valence-electron chi connectivity index (χ1n) is 7.16. The Morgan fingerprint density at radius 1 is 1.32 bits per heavy atom. The lowest BCUT2D eigenvalue weighted by atomic mass is 9.84. The maximum Gasteiger partial charge on any atom is 0.128 e. The first-order valence-corrected chi connectivity index (χ1v) is 7.16. The quantitative estimate of drug-likeness (QED) is 0.899. The van der Waals surface area contributed by atoms with Crippen molar-refractivity contribution >= 4 is 0 Å². The zero-order valence-electron chi connectivity index (χ0n) is 12.1. The van der Waals surface area contributed by atoms with E-state index in [1.54, 1.807) is 6.07 Å². The van der Waals surface area contributed by atoms with E-state index in [9.17, 15) is 4.39 Å². The fraction of sp³-hybridized carbons (Fsp3) is 0.625. The van der Waals surface area contributed by atoms with Crippen LogP contribution in [-0.4, -0.2) is 12.2 Å². The summed E-state index contributed by atoms with van der Waals surface area (Å²) in [6.07, 6.45) is 4.07. The molecule has 2 nitrogen and oxygen atoms in total. The number of aryl methyl sites for hydroxylation is 2. The Bertz CT molecular complexity index is 429. The van der Waals surface area contributed by atoms with Crippen LogP contribution < -0.4 is 5.73 Å². The van der Waals surface area contributed by atoms with E-state index in [2.05, 4.69) is 0 Å². The van der Waals surface area contributed by atoms with Gasteiger partial charge in [0.15, 0.2) is 0 Å². The van der Waals surface area contributed by atoms with E-state index >= 15 is 0 Å². The van der Waals surface area contributed by atoms with Crippen molar-refractivity contribution in [2.45, 2.75) is 58.1 Å². The van der Waals surface area contributed by atoms with Crippen molar-refractivity contribution in [1.29, 1.82) is 0 Å². The molecule has 1 aliphatic rings. The van der Waals surface area contributed by atoms with Gasteiger partial charge in [-0.05, 0) is 50.8 Å². The van der Waals surface area contributed by atoms with Gasteiger partial charge in [-0.15, -0.1) is 0 Å². The Morgan fingerprint density at radius 2 is 1.95 bits per heavy atom. The zero-order chi connectivity index (χ0) is 14.0. The molecule has 0 saturated heterocycles. The van der Waals surface area contributed by atoms with Crippen molar-refractivity contribution in [2.24, 2.45) is 5.73 Å². The molecule has 1 unspecified atom stereocenters.